The lowest BCUT2D eigenvalue weighted by Crippen LogP contribution is -2.10. The number of hydrogen-bond donors (Lipinski definition) is 1. The van der Waals surface area contributed by atoms with Gasteiger partial charge >= 0.3 is 0 Å². The average Bonchev–Trinajstić information content (AvgIpc) is 1.97. The highest BCUT2D eigenvalue weighted by Gasteiger charge is 1.80. The van der Waals surface area contributed by atoms with E-state index in [0.717, 1.165) is 4.48 Å². The van der Waals surface area contributed by atoms with E-state index >= 15 is 0 Å². The minimum absolute atomic E-state index is 0.0793. The van der Waals surface area contributed by atoms with Crippen LogP contribution in [0.1, 0.15) is 6.92 Å². The van der Waals surface area contributed by atoms with Crippen LogP contribution in [-0.4, -0.2) is 5.91 Å². The van der Waals surface area contributed by atoms with Crippen molar-refractivity contribution >= 4 is 21.8 Å². The van der Waals surface area contributed by atoms with Crippen molar-refractivity contribution in [2.24, 2.45) is 0 Å². The number of amides is 1. The van der Waals surface area contributed by atoms with Crippen LogP contribution in [0.3, 0.4) is 0 Å². The lowest BCUT2D eigenvalue weighted by molar-refractivity contribution is -0.118. The number of hydrogen-bond acceptors (Lipinski definition) is 1. The molecule has 0 aliphatic rings. The Morgan fingerprint density at radius 1 is 1.64 bits per heavy atom. The Morgan fingerprint density at radius 3 is 2.73 bits per heavy atom. The number of halogens is 1. The van der Waals surface area contributed by atoms with Crippen molar-refractivity contribution < 1.29 is 4.79 Å². The molecule has 0 bridgehead atoms. The molecule has 0 unspecified atom stereocenters. The first kappa shape index (κ1) is 10.2. The summed E-state index contributed by atoms with van der Waals surface area (Å²) in [5, 5.41) is 2.51. The molecule has 0 aromatic rings. The Labute approximate surface area is 74.8 Å². The van der Waals surface area contributed by atoms with E-state index in [4.69, 9.17) is 0 Å². The Balaban J connectivity index is 3.76. The van der Waals surface area contributed by atoms with Gasteiger partial charge in [0.15, 0.2) is 0 Å². The van der Waals surface area contributed by atoms with Crippen LogP contribution in [0.5, 0.6) is 0 Å². The van der Waals surface area contributed by atoms with Crippen LogP contribution in [0.4, 0.5) is 0 Å². The molecule has 0 aliphatic carbocycles. The molecule has 0 aromatic heterocycles. The molecule has 1 N–H and O–H groups in total. The molecule has 0 atom stereocenters. The van der Waals surface area contributed by atoms with Crippen molar-refractivity contribution in [1.29, 1.82) is 0 Å². The zero-order valence-electron chi connectivity index (χ0n) is 6.30. The molecule has 11 heavy (non-hydrogen) atoms. The zero-order valence-corrected chi connectivity index (χ0v) is 7.89. The van der Waals surface area contributed by atoms with E-state index in [1.54, 1.807) is 24.4 Å². The molecule has 0 heterocycles. The van der Waals surface area contributed by atoms with E-state index in [-0.39, 0.29) is 5.91 Å². The highest BCUT2D eigenvalue weighted by molar-refractivity contribution is 9.11. The van der Waals surface area contributed by atoms with Crippen LogP contribution >= 0.6 is 15.9 Å². The molecule has 0 aromatic carbocycles. The van der Waals surface area contributed by atoms with Gasteiger partial charge in [0.1, 0.15) is 0 Å². The third kappa shape index (κ3) is 7.06. The van der Waals surface area contributed by atoms with Crippen LogP contribution < -0.4 is 5.32 Å². The van der Waals surface area contributed by atoms with Gasteiger partial charge in [-0.05, 0) is 12.2 Å². The fourth-order valence-corrected chi connectivity index (χ4v) is 0.526. The average molecular weight is 216 g/mol. The van der Waals surface area contributed by atoms with E-state index in [1.165, 1.54) is 6.92 Å². The number of carbonyl (C=O) groups excluding carboxylic acids is 1. The normalized spacial score (nSPS) is 11.6. The van der Waals surface area contributed by atoms with Gasteiger partial charge < -0.3 is 5.32 Å². The summed E-state index contributed by atoms with van der Waals surface area (Å²) < 4.78 is 0.874. The van der Waals surface area contributed by atoms with Gasteiger partial charge in [-0.2, -0.15) is 0 Å². The Kier molecular flexibility index (Phi) is 5.47. The molecule has 0 radical (unpaired) electrons. The maximum absolute atomic E-state index is 10.3. The molecule has 0 fully saturated rings. The van der Waals surface area contributed by atoms with E-state index in [1.807, 2.05) is 0 Å². The molecule has 0 saturated heterocycles. The van der Waals surface area contributed by atoms with Gasteiger partial charge in [-0.25, -0.2) is 0 Å². The molecule has 3 heteroatoms. The molecule has 0 aliphatic heterocycles. The minimum Gasteiger partial charge on any atom is -0.333 e. The number of rotatable bonds is 3. The molecular formula is C8H10BrNO. The standard InChI is InChI=1S/C8H10BrNO/c1-3-8(9)5-4-6-10-7(2)11/h3-6H,1H2,2H3,(H,10,11)/b6-4+,8-5+. The van der Waals surface area contributed by atoms with Crippen LogP contribution in [0.25, 0.3) is 0 Å². The van der Waals surface area contributed by atoms with Gasteiger partial charge in [0.05, 0.1) is 0 Å². The number of carbonyl (C=O) groups is 1. The smallest absolute Gasteiger partial charge is 0.220 e. The second-order valence-corrected chi connectivity index (χ2v) is 2.73. The summed E-state index contributed by atoms with van der Waals surface area (Å²) in [5.41, 5.74) is 0. The summed E-state index contributed by atoms with van der Waals surface area (Å²) in [6.45, 7) is 4.99. The largest absolute Gasteiger partial charge is 0.333 e. The second kappa shape index (κ2) is 5.92. The van der Waals surface area contributed by atoms with Crippen molar-refractivity contribution in [1.82, 2.24) is 5.32 Å². The number of nitrogens with one attached hydrogen (secondary N) is 1. The summed E-state index contributed by atoms with van der Waals surface area (Å²) in [6, 6.07) is 0. The molecule has 0 spiro atoms. The second-order valence-electron chi connectivity index (χ2n) is 1.82. The topological polar surface area (TPSA) is 29.1 Å². The predicted octanol–water partition coefficient (Wildman–Crippen LogP) is 2.10. The van der Waals surface area contributed by atoms with Crippen molar-refractivity contribution in [3.05, 3.63) is 35.5 Å². The fourth-order valence-electron chi connectivity index (χ4n) is 0.374. The SMILES string of the molecule is C=C/C(Br)=C\C=C\NC(C)=O. The van der Waals surface area contributed by atoms with E-state index < -0.39 is 0 Å². The third-order valence-corrected chi connectivity index (χ3v) is 1.42. The highest BCUT2D eigenvalue weighted by Crippen LogP contribution is 2.03. The zero-order chi connectivity index (χ0) is 8.69. The van der Waals surface area contributed by atoms with Crippen LogP contribution in [0, 0.1) is 0 Å². The molecule has 2 nitrogen and oxygen atoms in total. The Bertz CT molecular complexity index is 206. The lowest BCUT2D eigenvalue weighted by atomic mass is 10.4. The first-order valence-electron chi connectivity index (χ1n) is 3.08. The third-order valence-electron chi connectivity index (χ3n) is 0.833. The van der Waals surface area contributed by atoms with Crippen LogP contribution in [-0.2, 0) is 4.79 Å². The van der Waals surface area contributed by atoms with Gasteiger partial charge in [0.25, 0.3) is 0 Å². The Hall–Kier alpha value is -0.830. The quantitative estimate of drug-likeness (QED) is 0.719. The molecule has 0 rings (SSSR count). The first-order valence-corrected chi connectivity index (χ1v) is 3.88. The van der Waals surface area contributed by atoms with Crippen molar-refractivity contribution in [3.8, 4) is 0 Å². The fraction of sp³-hybridized carbons (Fsp3) is 0.125. The van der Waals surface area contributed by atoms with Gasteiger partial charge in [-0.1, -0.05) is 28.6 Å². The number of allylic oxidation sites excluding steroid dienone is 4. The first-order chi connectivity index (χ1) is 5.16. The van der Waals surface area contributed by atoms with Crippen molar-refractivity contribution in [2.45, 2.75) is 6.92 Å². The summed E-state index contributed by atoms with van der Waals surface area (Å²) >= 11 is 3.22. The van der Waals surface area contributed by atoms with Gasteiger partial charge in [-0.15, -0.1) is 0 Å². The highest BCUT2D eigenvalue weighted by atomic mass is 79.9. The van der Waals surface area contributed by atoms with Crippen molar-refractivity contribution in [3.63, 3.8) is 0 Å². The van der Waals surface area contributed by atoms with Gasteiger partial charge in [-0.3, -0.25) is 4.79 Å². The molecule has 60 valence electrons. The summed E-state index contributed by atoms with van der Waals surface area (Å²) in [5.74, 6) is -0.0793. The summed E-state index contributed by atoms with van der Waals surface area (Å²) in [7, 11) is 0. The van der Waals surface area contributed by atoms with Crippen molar-refractivity contribution in [2.75, 3.05) is 0 Å². The minimum atomic E-state index is -0.0793. The Morgan fingerprint density at radius 2 is 2.27 bits per heavy atom. The van der Waals surface area contributed by atoms with E-state index in [2.05, 4.69) is 27.8 Å². The summed E-state index contributed by atoms with van der Waals surface area (Å²) in [6.07, 6.45) is 6.72. The van der Waals surface area contributed by atoms with Crippen LogP contribution in [0.15, 0.2) is 35.5 Å². The van der Waals surface area contributed by atoms with Gasteiger partial charge in [0, 0.05) is 17.6 Å². The molecule has 1 amide bonds. The van der Waals surface area contributed by atoms with Gasteiger partial charge in [0.2, 0.25) is 5.91 Å². The van der Waals surface area contributed by atoms with E-state index in [0.29, 0.717) is 0 Å². The van der Waals surface area contributed by atoms with E-state index in [9.17, 15) is 4.79 Å². The maximum Gasteiger partial charge on any atom is 0.220 e. The monoisotopic (exact) mass is 215 g/mol. The maximum atomic E-state index is 10.3. The summed E-state index contributed by atoms with van der Waals surface area (Å²) in [4.78, 5) is 10.3. The molecular weight excluding hydrogens is 206 g/mol. The molecule has 0 saturated carbocycles. The lowest BCUT2D eigenvalue weighted by Gasteiger charge is -1.87. The predicted molar refractivity (Wildman–Crippen MR) is 50.2 cm³/mol. The van der Waals surface area contributed by atoms with Crippen LogP contribution in [0.2, 0.25) is 0 Å².